The van der Waals surface area contributed by atoms with E-state index in [-0.39, 0.29) is 17.6 Å². The van der Waals surface area contributed by atoms with Crippen LogP contribution in [0.4, 0.5) is 14.5 Å². The van der Waals surface area contributed by atoms with Crippen LogP contribution in [0, 0.1) is 23.0 Å². The first-order valence-corrected chi connectivity index (χ1v) is 6.33. The summed E-state index contributed by atoms with van der Waals surface area (Å²) in [7, 11) is 0. The van der Waals surface area contributed by atoms with Crippen LogP contribution in [0.25, 0.3) is 0 Å². The lowest BCUT2D eigenvalue weighted by Gasteiger charge is -2.55. The number of benzene rings is 1. The maximum Gasteiger partial charge on any atom is 0.149 e. The molecule has 0 spiro atoms. The Morgan fingerprint density at radius 3 is 2.83 bits per heavy atom. The van der Waals surface area contributed by atoms with Crippen molar-refractivity contribution in [2.45, 2.75) is 32.4 Å². The average molecular weight is 253 g/mol. The minimum Gasteiger partial charge on any atom is -0.379 e. The Kier molecular flexibility index (Phi) is 2.59. The summed E-state index contributed by atoms with van der Waals surface area (Å²) in [6.07, 6.45) is 1.27. The van der Waals surface area contributed by atoms with Crippen LogP contribution in [0.3, 0.4) is 0 Å². The van der Waals surface area contributed by atoms with E-state index in [0.29, 0.717) is 11.6 Å². The maximum atomic E-state index is 13.6. The smallest absolute Gasteiger partial charge is 0.149 e. The second-order valence-corrected chi connectivity index (χ2v) is 5.81. The van der Waals surface area contributed by atoms with E-state index < -0.39 is 11.6 Å². The van der Waals surface area contributed by atoms with E-state index in [4.69, 9.17) is 4.74 Å². The number of hydrogen-bond donors (Lipinski definition) is 1. The molecule has 18 heavy (non-hydrogen) atoms. The van der Waals surface area contributed by atoms with Crippen molar-refractivity contribution in [3.05, 3.63) is 29.8 Å². The van der Waals surface area contributed by atoms with Crippen molar-refractivity contribution in [3.63, 3.8) is 0 Å². The highest BCUT2D eigenvalue weighted by atomic mass is 19.1. The van der Waals surface area contributed by atoms with Gasteiger partial charge in [0.1, 0.15) is 11.6 Å². The first kappa shape index (κ1) is 11.9. The Labute approximate surface area is 105 Å². The van der Waals surface area contributed by atoms with Crippen molar-refractivity contribution in [2.75, 3.05) is 11.9 Å². The zero-order valence-electron chi connectivity index (χ0n) is 10.5. The van der Waals surface area contributed by atoms with E-state index >= 15 is 0 Å². The highest BCUT2D eigenvalue weighted by Gasteiger charge is 2.59. The van der Waals surface area contributed by atoms with E-state index in [1.165, 1.54) is 12.1 Å². The Bertz CT molecular complexity index is 475. The fraction of sp³-hybridized carbons (Fsp3) is 0.571. The van der Waals surface area contributed by atoms with Gasteiger partial charge in [0, 0.05) is 30.0 Å². The van der Waals surface area contributed by atoms with Gasteiger partial charge in [-0.1, -0.05) is 13.8 Å². The van der Waals surface area contributed by atoms with Crippen molar-refractivity contribution in [3.8, 4) is 0 Å². The van der Waals surface area contributed by atoms with Crippen LogP contribution in [0.1, 0.15) is 20.3 Å². The largest absolute Gasteiger partial charge is 0.379 e. The van der Waals surface area contributed by atoms with Gasteiger partial charge in [-0.3, -0.25) is 0 Å². The van der Waals surface area contributed by atoms with Gasteiger partial charge in [0.05, 0.1) is 11.8 Å². The SMILES string of the molecule is CC1(C)C(Nc2ccc(F)cc2F)C2CCOC21. The van der Waals surface area contributed by atoms with Gasteiger partial charge in [-0.25, -0.2) is 8.78 Å². The van der Waals surface area contributed by atoms with Crippen molar-refractivity contribution < 1.29 is 13.5 Å². The molecule has 2 aliphatic rings. The highest BCUT2D eigenvalue weighted by Crippen LogP contribution is 2.53. The number of hydrogen-bond acceptors (Lipinski definition) is 2. The van der Waals surface area contributed by atoms with Gasteiger partial charge < -0.3 is 10.1 Å². The van der Waals surface area contributed by atoms with Gasteiger partial charge in [-0.05, 0) is 18.6 Å². The van der Waals surface area contributed by atoms with Crippen LogP contribution in [-0.2, 0) is 4.74 Å². The van der Waals surface area contributed by atoms with E-state index in [0.717, 1.165) is 19.1 Å². The number of ether oxygens (including phenoxy) is 1. The predicted octanol–water partition coefficient (Wildman–Crippen LogP) is 3.19. The van der Waals surface area contributed by atoms with Crippen molar-refractivity contribution in [1.29, 1.82) is 0 Å². The average Bonchev–Trinajstić information content (AvgIpc) is 2.74. The lowest BCUT2D eigenvalue weighted by molar-refractivity contribution is -0.0923. The molecule has 1 aromatic carbocycles. The molecular weight excluding hydrogens is 236 g/mol. The number of fused-ring (bicyclic) bond motifs is 1. The summed E-state index contributed by atoms with van der Waals surface area (Å²) in [5, 5.41) is 3.21. The molecule has 1 aliphatic heterocycles. The molecule has 3 unspecified atom stereocenters. The third-order valence-electron chi connectivity index (χ3n) is 4.34. The fourth-order valence-electron chi connectivity index (χ4n) is 3.39. The Hall–Kier alpha value is -1.16. The summed E-state index contributed by atoms with van der Waals surface area (Å²) in [4.78, 5) is 0. The van der Waals surface area contributed by atoms with Crippen LogP contribution in [0.5, 0.6) is 0 Å². The zero-order chi connectivity index (χ0) is 12.9. The van der Waals surface area contributed by atoms with Crippen LogP contribution in [0.15, 0.2) is 18.2 Å². The number of nitrogens with one attached hydrogen (secondary N) is 1. The summed E-state index contributed by atoms with van der Waals surface area (Å²) in [5.74, 6) is -0.648. The lowest BCUT2D eigenvalue weighted by Crippen LogP contribution is -2.63. The normalized spacial score (nSPS) is 32.8. The minimum absolute atomic E-state index is 0.0119. The van der Waals surface area contributed by atoms with Crippen LogP contribution >= 0.6 is 0 Å². The molecule has 1 aliphatic carbocycles. The molecular formula is C14H17F2NO. The maximum absolute atomic E-state index is 13.6. The van der Waals surface area contributed by atoms with Gasteiger partial charge in [-0.2, -0.15) is 0 Å². The molecule has 0 aromatic heterocycles. The molecule has 2 nitrogen and oxygen atoms in total. The monoisotopic (exact) mass is 253 g/mol. The Morgan fingerprint density at radius 1 is 1.33 bits per heavy atom. The van der Waals surface area contributed by atoms with Crippen molar-refractivity contribution in [1.82, 2.24) is 0 Å². The molecule has 98 valence electrons. The third kappa shape index (κ3) is 1.62. The van der Waals surface area contributed by atoms with E-state index in [1.54, 1.807) is 0 Å². The molecule has 4 heteroatoms. The first-order chi connectivity index (χ1) is 8.50. The summed E-state index contributed by atoms with van der Waals surface area (Å²) in [5.41, 5.74) is 0.363. The summed E-state index contributed by atoms with van der Waals surface area (Å²) in [6.45, 7) is 5.03. The summed E-state index contributed by atoms with van der Waals surface area (Å²) in [6, 6.07) is 3.84. The van der Waals surface area contributed by atoms with E-state index in [9.17, 15) is 8.78 Å². The topological polar surface area (TPSA) is 21.3 Å². The number of anilines is 1. The number of halogens is 2. The Balaban J connectivity index is 1.80. The Morgan fingerprint density at radius 2 is 2.11 bits per heavy atom. The van der Waals surface area contributed by atoms with Gasteiger partial charge in [0.25, 0.3) is 0 Å². The fourth-order valence-corrected chi connectivity index (χ4v) is 3.39. The molecule has 2 fully saturated rings. The summed E-state index contributed by atoms with van der Waals surface area (Å²) >= 11 is 0. The predicted molar refractivity (Wildman–Crippen MR) is 65.4 cm³/mol. The minimum atomic E-state index is -0.548. The van der Waals surface area contributed by atoms with Crippen LogP contribution < -0.4 is 5.32 Å². The van der Waals surface area contributed by atoms with Crippen molar-refractivity contribution >= 4 is 5.69 Å². The van der Waals surface area contributed by atoms with Crippen LogP contribution in [-0.4, -0.2) is 18.8 Å². The van der Waals surface area contributed by atoms with Gasteiger partial charge >= 0.3 is 0 Å². The zero-order valence-corrected chi connectivity index (χ0v) is 10.5. The molecule has 1 saturated heterocycles. The van der Waals surface area contributed by atoms with Gasteiger partial charge in [0.2, 0.25) is 0 Å². The summed E-state index contributed by atoms with van der Waals surface area (Å²) < 4.78 is 32.2. The molecule has 1 N–H and O–H groups in total. The molecule has 3 rings (SSSR count). The molecule has 1 saturated carbocycles. The second kappa shape index (κ2) is 3.92. The molecule has 1 aromatic rings. The molecule has 1 heterocycles. The standard InChI is InChI=1S/C14H17F2NO/c1-14(2)12(9-5-6-18-13(9)14)17-11-4-3-8(15)7-10(11)16/h3-4,7,9,12-13,17H,5-6H2,1-2H3. The quantitative estimate of drug-likeness (QED) is 0.874. The molecule has 3 atom stereocenters. The second-order valence-electron chi connectivity index (χ2n) is 5.81. The molecule has 0 radical (unpaired) electrons. The lowest BCUT2D eigenvalue weighted by atomic mass is 9.57. The van der Waals surface area contributed by atoms with E-state index in [2.05, 4.69) is 19.2 Å². The van der Waals surface area contributed by atoms with Gasteiger partial charge in [-0.15, -0.1) is 0 Å². The number of rotatable bonds is 2. The van der Waals surface area contributed by atoms with Crippen LogP contribution in [0.2, 0.25) is 0 Å². The first-order valence-electron chi connectivity index (χ1n) is 6.33. The third-order valence-corrected chi connectivity index (χ3v) is 4.34. The molecule has 0 bridgehead atoms. The van der Waals surface area contributed by atoms with E-state index in [1.807, 2.05) is 0 Å². The molecule has 0 amide bonds. The highest BCUT2D eigenvalue weighted by molar-refractivity contribution is 5.47. The van der Waals surface area contributed by atoms with Crippen molar-refractivity contribution in [2.24, 2.45) is 11.3 Å². The van der Waals surface area contributed by atoms with Gasteiger partial charge in [0.15, 0.2) is 0 Å².